The van der Waals surface area contributed by atoms with E-state index < -0.39 is 5.92 Å². The van der Waals surface area contributed by atoms with Crippen molar-refractivity contribution >= 4 is 17.3 Å². The van der Waals surface area contributed by atoms with Gasteiger partial charge in [0.1, 0.15) is 5.92 Å². The quantitative estimate of drug-likeness (QED) is 0.798. The van der Waals surface area contributed by atoms with Crippen LogP contribution in [-0.4, -0.2) is 49.7 Å². The van der Waals surface area contributed by atoms with Gasteiger partial charge in [-0.3, -0.25) is 9.59 Å². The Morgan fingerprint density at radius 1 is 0.792 bits per heavy atom. The maximum atomic E-state index is 12.6. The van der Waals surface area contributed by atoms with E-state index in [9.17, 15) is 9.59 Å². The molecule has 2 aromatic rings. The highest BCUT2D eigenvalue weighted by molar-refractivity contribution is 6.29. The Hall–Kier alpha value is -2.46. The monoisotopic (exact) mass is 320 g/mol. The molecule has 0 aromatic heterocycles. The summed E-state index contributed by atoms with van der Waals surface area (Å²) in [5, 5.41) is 0. The minimum absolute atomic E-state index is 0.0806. The van der Waals surface area contributed by atoms with Crippen LogP contribution in [0.1, 0.15) is 32.2 Å². The third-order valence-electron chi connectivity index (χ3n) is 5.08. The predicted octanol–water partition coefficient (Wildman–Crippen LogP) is 2.60. The summed E-state index contributed by atoms with van der Waals surface area (Å²) >= 11 is 0. The topological polar surface area (TPSA) is 40.6 Å². The molecule has 0 unspecified atom stereocenters. The molecule has 1 saturated heterocycles. The average Bonchev–Trinajstić information content (AvgIpc) is 2.87. The second kappa shape index (κ2) is 5.87. The van der Waals surface area contributed by atoms with Crippen LogP contribution in [0.4, 0.5) is 5.69 Å². The van der Waals surface area contributed by atoms with Crippen LogP contribution in [0.2, 0.25) is 0 Å². The molecule has 0 radical (unpaired) electrons. The summed E-state index contributed by atoms with van der Waals surface area (Å²) in [5.74, 6) is -0.838. The number of carbonyl (C=O) groups excluding carboxylic acids is 2. The molecule has 2 aliphatic rings. The molecule has 24 heavy (non-hydrogen) atoms. The number of hydrogen-bond donors (Lipinski definition) is 0. The molecule has 0 N–H and O–H groups in total. The number of piperazine rings is 1. The second-order valence-corrected chi connectivity index (χ2v) is 6.59. The minimum Gasteiger partial charge on any atom is -0.369 e. The molecular weight excluding hydrogens is 300 g/mol. The van der Waals surface area contributed by atoms with E-state index in [0.717, 1.165) is 37.4 Å². The molecular formula is C20H20N2O2. The Morgan fingerprint density at radius 3 is 1.88 bits per heavy atom. The fourth-order valence-corrected chi connectivity index (χ4v) is 3.59. The molecule has 2 aromatic carbocycles. The number of hydrogen-bond acceptors (Lipinski definition) is 4. The highest BCUT2D eigenvalue weighted by Crippen LogP contribution is 2.34. The number of ketones is 2. The summed E-state index contributed by atoms with van der Waals surface area (Å²) in [7, 11) is 2.13. The Kier molecular flexibility index (Phi) is 3.69. The SMILES string of the molecule is CN1CCN(c2ccc(C3C(=O)c4ccccc4C3=O)cc2)CC1. The van der Waals surface area contributed by atoms with Gasteiger partial charge in [0, 0.05) is 43.0 Å². The van der Waals surface area contributed by atoms with Crippen molar-refractivity contribution in [3.8, 4) is 0 Å². The van der Waals surface area contributed by atoms with Crippen LogP contribution in [0.25, 0.3) is 0 Å². The molecule has 4 rings (SSSR count). The maximum absolute atomic E-state index is 12.6. The largest absolute Gasteiger partial charge is 0.369 e. The van der Waals surface area contributed by atoms with Crippen LogP contribution in [0.15, 0.2) is 48.5 Å². The smallest absolute Gasteiger partial charge is 0.178 e. The molecule has 0 atom stereocenters. The lowest BCUT2D eigenvalue weighted by molar-refractivity contribution is 0.0890. The summed E-state index contributed by atoms with van der Waals surface area (Å²) in [6.07, 6.45) is 0. The Balaban J connectivity index is 1.58. The van der Waals surface area contributed by atoms with E-state index in [1.165, 1.54) is 0 Å². The molecule has 1 heterocycles. The van der Waals surface area contributed by atoms with E-state index in [2.05, 4.69) is 16.8 Å². The summed E-state index contributed by atoms with van der Waals surface area (Å²) in [4.78, 5) is 29.8. The van der Waals surface area contributed by atoms with Crippen LogP contribution in [0.3, 0.4) is 0 Å². The summed E-state index contributed by atoms with van der Waals surface area (Å²) < 4.78 is 0. The van der Waals surface area contributed by atoms with Crippen molar-refractivity contribution in [1.82, 2.24) is 4.90 Å². The maximum Gasteiger partial charge on any atom is 0.178 e. The van der Waals surface area contributed by atoms with Crippen LogP contribution in [-0.2, 0) is 0 Å². The average molecular weight is 320 g/mol. The van der Waals surface area contributed by atoms with E-state index in [1.54, 1.807) is 12.1 Å². The summed E-state index contributed by atoms with van der Waals surface area (Å²) in [6, 6.07) is 15.0. The molecule has 1 aliphatic heterocycles. The Morgan fingerprint density at radius 2 is 1.33 bits per heavy atom. The molecule has 4 heteroatoms. The minimum atomic E-state index is -0.677. The normalized spacial score (nSPS) is 19.0. The number of benzene rings is 2. The molecule has 122 valence electrons. The molecule has 0 bridgehead atoms. The molecule has 0 saturated carbocycles. The summed E-state index contributed by atoms with van der Waals surface area (Å²) in [5.41, 5.74) is 3.05. The summed E-state index contributed by atoms with van der Waals surface area (Å²) in [6.45, 7) is 4.11. The van der Waals surface area contributed by atoms with Gasteiger partial charge in [0.15, 0.2) is 11.6 Å². The molecule has 1 aliphatic carbocycles. The Bertz CT molecular complexity index is 755. The number of likely N-dealkylation sites (N-methyl/N-ethyl adjacent to an activating group) is 1. The van der Waals surface area contributed by atoms with Gasteiger partial charge in [0.25, 0.3) is 0 Å². The van der Waals surface area contributed by atoms with E-state index in [1.807, 2.05) is 36.4 Å². The van der Waals surface area contributed by atoms with Gasteiger partial charge in [-0.2, -0.15) is 0 Å². The first-order chi connectivity index (χ1) is 11.6. The second-order valence-electron chi connectivity index (χ2n) is 6.59. The standard InChI is InChI=1S/C20H20N2O2/c1-21-10-12-22(13-11-21)15-8-6-14(7-9-15)18-19(23)16-4-2-3-5-17(16)20(18)24/h2-9,18H,10-13H2,1H3. The van der Waals surface area contributed by atoms with E-state index in [0.29, 0.717) is 11.1 Å². The van der Waals surface area contributed by atoms with Crippen molar-refractivity contribution in [2.75, 3.05) is 38.1 Å². The first kappa shape index (κ1) is 15.1. The van der Waals surface area contributed by atoms with Crippen molar-refractivity contribution in [1.29, 1.82) is 0 Å². The molecule has 4 nitrogen and oxygen atoms in total. The lowest BCUT2D eigenvalue weighted by Gasteiger charge is -2.34. The van der Waals surface area contributed by atoms with Crippen molar-refractivity contribution < 1.29 is 9.59 Å². The van der Waals surface area contributed by atoms with Gasteiger partial charge in [0.2, 0.25) is 0 Å². The number of Topliss-reactive ketones (excluding diaryl/α,β-unsaturated/α-hetero) is 2. The van der Waals surface area contributed by atoms with Gasteiger partial charge in [-0.05, 0) is 24.7 Å². The number of anilines is 1. The van der Waals surface area contributed by atoms with Crippen LogP contribution in [0, 0.1) is 0 Å². The lowest BCUT2D eigenvalue weighted by Crippen LogP contribution is -2.44. The fourth-order valence-electron chi connectivity index (χ4n) is 3.59. The molecule has 0 spiro atoms. The van der Waals surface area contributed by atoms with E-state index in [4.69, 9.17) is 0 Å². The van der Waals surface area contributed by atoms with Gasteiger partial charge in [-0.15, -0.1) is 0 Å². The van der Waals surface area contributed by atoms with Crippen molar-refractivity contribution in [2.24, 2.45) is 0 Å². The number of rotatable bonds is 2. The molecule has 1 fully saturated rings. The van der Waals surface area contributed by atoms with Crippen molar-refractivity contribution in [3.63, 3.8) is 0 Å². The third-order valence-corrected chi connectivity index (χ3v) is 5.08. The lowest BCUT2D eigenvalue weighted by atomic mass is 9.94. The first-order valence-corrected chi connectivity index (χ1v) is 8.36. The van der Waals surface area contributed by atoms with Crippen LogP contribution < -0.4 is 4.90 Å². The van der Waals surface area contributed by atoms with Crippen LogP contribution in [0.5, 0.6) is 0 Å². The number of carbonyl (C=O) groups is 2. The zero-order valence-corrected chi connectivity index (χ0v) is 13.7. The number of fused-ring (bicyclic) bond motifs is 1. The zero-order valence-electron chi connectivity index (χ0n) is 13.7. The van der Waals surface area contributed by atoms with E-state index in [-0.39, 0.29) is 11.6 Å². The highest BCUT2D eigenvalue weighted by atomic mass is 16.2. The Labute approximate surface area is 141 Å². The first-order valence-electron chi connectivity index (χ1n) is 8.36. The van der Waals surface area contributed by atoms with Gasteiger partial charge in [0.05, 0.1) is 0 Å². The van der Waals surface area contributed by atoms with Gasteiger partial charge in [-0.25, -0.2) is 0 Å². The molecule has 0 amide bonds. The van der Waals surface area contributed by atoms with E-state index >= 15 is 0 Å². The number of nitrogens with zero attached hydrogens (tertiary/aromatic N) is 2. The van der Waals surface area contributed by atoms with Gasteiger partial charge >= 0.3 is 0 Å². The fraction of sp³-hybridized carbons (Fsp3) is 0.300. The zero-order chi connectivity index (χ0) is 16.7. The van der Waals surface area contributed by atoms with Crippen molar-refractivity contribution in [2.45, 2.75) is 5.92 Å². The van der Waals surface area contributed by atoms with Crippen LogP contribution >= 0.6 is 0 Å². The predicted molar refractivity (Wildman–Crippen MR) is 94.0 cm³/mol. The van der Waals surface area contributed by atoms with Gasteiger partial charge < -0.3 is 9.80 Å². The highest BCUT2D eigenvalue weighted by Gasteiger charge is 2.39. The van der Waals surface area contributed by atoms with Crippen molar-refractivity contribution in [3.05, 3.63) is 65.2 Å². The van der Waals surface area contributed by atoms with Gasteiger partial charge in [-0.1, -0.05) is 36.4 Å². The third kappa shape index (κ3) is 2.43.